The molecule has 0 bridgehead atoms. The van der Waals surface area contributed by atoms with Crippen molar-refractivity contribution in [1.82, 2.24) is 0 Å². The minimum atomic E-state index is -1.59. The van der Waals surface area contributed by atoms with Crippen LogP contribution in [0.1, 0.15) is 107 Å². The Labute approximate surface area is 349 Å². The van der Waals surface area contributed by atoms with Crippen LogP contribution in [0.3, 0.4) is 0 Å². The summed E-state index contributed by atoms with van der Waals surface area (Å²) < 4.78 is 23.3. The molecule has 0 amide bonds. The number of halogens is 2. The van der Waals surface area contributed by atoms with Crippen LogP contribution in [-0.2, 0) is 51.0 Å². The Balaban J connectivity index is 0.000000560. The average molecular weight is 901 g/mol. The summed E-state index contributed by atoms with van der Waals surface area (Å²) in [5.74, 6) is -2.59. The highest BCUT2D eigenvalue weighted by Crippen LogP contribution is 2.32. The molecule has 56 heavy (non-hydrogen) atoms. The lowest BCUT2D eigenvalue weighted by Gasteiger charge is -2.27. The number of nitriles is 2. The summed E-state index contributed by atoms with van der Waals surface area (Å²) >= 11 is 6.76. The highest BCUT2D eigenvalue weighted by atomic mass is 79.9. The number of nitrogens with zero attached hydrogens (tertiary/aromatic N) is 2. The number of hydrogen-bond donors (Lipinski definition) is 0. The maximum Gasteiger partial charge on any atom is 0.331 e. The van der Waals surface area contributed by atoms with E-state index < -0.39 is 57.1 Å². The van der Waals surface area contributed by atoms with E-state index in [0.29, 0.717) is 12.8 Å². The van der Waals surface area contributed by atoms with E-state index in [4.69, 9.17) is 18.9 Å². The molecule has 0 saturated heterocycles. The van der Waals surface area contributed by atoms with Crippen LogP contribution < -0.4 is 0 Å². The first-order chi connectivity index (χ1) is 25.5. The maximum absolute atomic E-state index is 12.8. The molecule has 0 N–H and O–H groups in total. The minimum Gasteiger partial charge on any atom is -0.459 e. The SMILES string of the molecule is CC(C)(C)OC(=O)/C=C/[C@](C#N)(CCc1ccc(Br)cc1)C(=O)OC(C)(C)C.CC(C)(C)OC(=O)/C=C/[C@](C#N)(CCc1ccc(Br)cc1)C(=O)OC(C)(C)C. The van der Waals surface area contributed by atoms with E-state index in [1.54, 1.807) is 83.1 Å². The van der Waals surface area contributed by atoms with Gasteiger partial charge in [-0.3, -0.25) is 0 Å². The van der Waals surface area contributed by atoms with E-state index in [-0.39, 0.29) is 12.8 Å². The van der Waals surface area contributed by atoms with Gasteiger partial charge in [-0.25, -0.2) is 19.2 Å². The molecule has 0 fully saturated rings. The molecular weight excluding hydrogens is 844 g/mol. The topological polar surface area (TPSA) is 153 Å². The number of aryl methyl sites for hydroxylation is 2. The van der Waals surface area contributed by atoms with Gasteiger partial charge < -0.3 is 18.9 Å². The molecule has 0 saturated carbocycles. The Kier molecular flexibility index (Phi) is 18.5. The molecule has 0 aliphatic heterocycles. The van der Waals surface area contributed by atoms with Gasteiger partial charge in [0.15, 0.2) is 10.8 Å². The molecule has 0 aliphatic rings. The number of esters is 4. The molecule has 0 aliphatic carbocycles. The van der Waals surface area contributed by atoms with Crippen molar-refractivity contribution in [3.8, 4) is 12.1 Å². The first-order valence-corrected chi connectivity index (χ1v) is 19.7. The van der Waals surface area contributed by atoms with Gasteiger partial charge in [-0.1, -0.05) is 56.1 Å². The molecule has 0 radical (unpaired) electrons. The number of ether oxygens (including phenoxy) is 4. The Hall–Kier alpha value is -4.26. The Morgan fingerprint density at radius 1 is 0.518 bits per heavy atom. The van der Waals surface area contributed by atoms with Crippen molar-refractivity contribution in [2.24, 2.45) is 10.8 Å². The monoisotopic (exact) mass is 898 g/mol. The summed E-state index contributed by atoms with van der Waals surface area (Å²) in [4.78, 5) is 49.8. The molecule has 12 heteroatoms. The minimum absolute atomic E-state index is 0.180. The van der Waals surface area contributed by atoms with Gasteiger partial charge in [0.2, 0.25) is 0 Å². The van der Waals surface area contributed by atoms with E-state index in [2.05, 4.69) is 44.0 Å². The standard InChI is InChI=1S/2C22H28BrNO4/c2*1-20(2,3)27-18(25)12-14-22(15-24,19(26)28-21(4,5)6)13-11-16-7-9-17(23)10-8-16/h2*7-10,12,14H,11,13H2,1-6H3/b2*14-12+/t2*22-/m00/s1. The number of carbonyl (C=O) groups is 4. The van der Waals surface area contributed by atoms with Crippen LogP contribution in [0, 0.1) is 33.5 Å². The van der Waals surface area contributed by atoms with Gasteiger partial charge in [0.25, 0.3) is 0 Å². The van der Waals surface area contributed by atoms with E-state index in [1.165, 1.54) is 12.2 Å². The summed E-state index contributed by atoms with van der Waals surface area (Å²) in [6, 6.07) is 19.4. The lowest BCUT2D eigenvalue weighted by molar-refractivity contribution is -0.163. The predicted molar refractivity (Wildman–Crippen MR) is 223 cm³/mol. The largest absolute Gasteiger partial charge is 0.459 e. The molecule has 2 atom stereocenters. The second-order valence-electron chi connectivity index (χ2n) is 17.2. The highest BCUT2D eigenvalue weighted by Gasteiger charge is 2.41. The molecular formula is C44H56Br2N2O8. The van der Waals surface area contributed by atoms with Crippen molar-refractivity contribution in [2.45, 2.75) is 131 Å². The summed E-state index contributed by atoms with van der Waals surface area (Å²) in [5, 5.41) is 19.7. The Morgan fingerprint density at radius 3 is 1.02 bits per heavy atom. The fraction of sp³-hybridized carbons (Fsp3) is 0.500. The molecule has 0 unspecified atom stereocenters. The second-order valence-corrected chi connectivity index (χ2v) is 19.0. The fourth-order valence-electron chi connectivity index (χ4n) is 4.60. The zero-order valence-electron chi connectivity index (χ0n) is 34.7. The van der Waals surface area contributed by atoms with Crippen molar-refractivity contribution in [1.29, 1.82) is 10.5 Å². The van der Waals surface area contributed by atoms with Gasteiger partial charge in [0.05, 0.1) is 12.1 Å². The third kappa shape index (κ3) is 19.6. The van der Waals surface area contributed by atoms with Gasteiger partial charge in [-0.05, 0) is 156 Å². The van der Waals surface area contributed by atoms with Gasteiger partial charge in [0.1, 0.15) is 22.4 Å². The zero-order valence-corrected chi connectivity index (χ0v) is 37.8. The van der Waals surface area contributed by atoms with Gasteiger partial charge >= 0.3 is 23.9 Å². The summed E-state index contributed by atoms with van der Waals surface area (Å²) in [6.45, 7) is 20.9. The zero-order chi connectivity index (χ0) is 43.2. The van der Waals surface area contributed by atoms with Gasteiger partial charge in [-0.15, -0.1) is 0 Å². The van der Waals surface area contributed by atoms with Crippen LogP contribution in [-0.4, -0.2) is 46.3 Å². The van der Waals surface area contributed by atoms with Crippen LogP contribution in [0.15, 0.2) is 81.8 Å². The smallest absolute Gasteiger partial charge is 0.331 e. The first kappa shape index (κ1) is 49.8. The van der Waals surface area contributed by atoms with Crippen molar-refractivity contribution in [3.63, 3.8) is 0 Å². The fourth-order valence-corrected chi connectivity index (χ4v) is 5.13. The molecule has 10 nitrogen and oxygen atoms in total. The summed E-state index contributed by atoms with van der Waals surface area (Å²) in [5.41, 5.74) is -4.07. The lowest BCUT2D eigenvalue weighted by atomic mass is 9.82. The summed E-state index contributed by atoms with van der Waals surface area (Å²) in [7, 11) is 0. The maximum atomic E-state index is 12.8. The Bertz CT molecular complexity index is 1660. The molecule has 0 spiro atoms. The van der Waals surface area contributed by atoms with Gasteiger partial charge in [0, 0.05) is 21.1 Å². The number of carbonyl (C=O) groups excluding carboxylic acids is 4. The number of hydrogen-bond acceptors (Lipinski definition) is 10. The molecule has 2 rings (SSSR count). The van der Waals surface area contributed by atoms with Crippen LogP contribution in [0.5, 0.6) is 0 Å². The lowest BCUT2D eigenvalue weighted by Crippen LogP contribution is -2.36. The number of benzene rings is 2. The van der Waals surface area contributed by atoms with E-state index >= 15 is 0 Å². The highest BCUT2D eigenvalue weighted by molar-refractivity contribution is 9.10. The Morgan fingerprint density at radius 2 is 0.786 bits per heavy atom. The predicted octanol–water partition coefficient (Wildman–Crippen LogP) is 10.3. The van der Waals surface area contributed by atoms with Crippen LogP contribution in [0.4, 0.5) is 0 Å². The summed E-state index contributed by atoms with van der Waals surface area (Å²) in [6.07, 6.45) is 6.18. The first-order valence-electron chi connectivity index (χ1n) is 18.2. The van der Waals surface area contributed by atoms with E-state index in [0.717, 1.165) is 32.2 Å². The van der Waals surface area contributed by atoms with Crippen molar-refractivity contribution < 1.29 is 38.1 Å². The van der Waals surface area contributed by atoms with E-state index in [1.807, 2.05) is 48.5 Å². The van der Waals surface area contributed by atoms with E-state index in [9.17, 15) is 29.7 Å². The van der Waals surface area contributed by atoms with Crippen molar-refractivity contribution in [3.05, 3.63) is 92.9 Å². The van der Waals surface area contributed by atoms with Crippen molar-refractivity contribution in [2.75, 3.05) is 0 Å². The van der Waals surface area contributed by atoms with Crippen LogP contribution in [0.25, 0.3) is 0 Å². The molecule has 304 valence electrons. The molecule has 2 aromatic carbocycles. The van der Waals surface area contributed by atoms with Crippen LogP contribution >= 0.6 is 31.9 Å². The number of rotatable bonds is 12. The molecule has 2 aromatic rings. The van der Waals surface area contributed by atoms with Crippen molar-refractivity contribution >= 4 is 55.7 Å². The normalized spacial score (nSPS) is 14.2. The van der Waals surface area contributed by atoms with Crippen LogP contribution in [0.2, 0.25) is 0 Å². The van der Waals surface area contributed by atoms with Gasteiger partial charge in [-0.2, -0.15) is 10.5 Å². The second kappa shape index (κ2) is 20.8. The molecule has 0 heterocycles. The molecule has 0 aromatic heterocycles. The third-order valence-corrected chi connectivity index (χ3v) is 8.25. The average Bonchev–Trinajstić information content (AvgIpc) is 3.04. The quantitative estimate of drug-likeness (QED) is 0.114. The third-order valence-electron chi connectivity index (χ3n) is 7.19.